The lowest BCUT2D eigenvalue weighted by Gasteiger charge is -2.10. The van der Waals surface area contributed by atoms with E-state index >= 15 is 0 Å². The van der Waals surface area contributed by atoms with Crippen LogP contribution in [0, 0.1) is 0 Å². The molecular weight excluding hydrogens is 353 g/mol. The van der Waals surface area contributed by atoms with Gasteiger partial charge in [0.15, 0.2) is 5.69 Å². The minimum atomic E-state index is -4.89. The highest BCUT2D eigenvalue weighted by atomic mass is 35.5. The second-order valence-electron chi connectivity index (χ2n) is 4.72. The number of benzene rings is 1. The van der Waals surface area contributed by atoms with Crippen LogP contribution in [0.1, 0.15) is 16.1 Å². The lowest BCUT2D eigenvalue weighted by molar-refractivity contribution is -0.140. The van der Waals surface area contributed by atoms with Crippen molar-refractivity contribution in [3.05, 3.63) is 44.8 Å². The van der Waals surface area contributed by atoms with Gasteiger partial charge < -0.3 is 10.1 Å². The van der Waals surface area contributed by atoms with E-state index in [0.29, 0.717) is 0 Å². The standard InChI is InChI=1S/C13H6ClF3N4O3/c14-4-1-2-5-6(3-4)18-11(22)8(12(23)24)7(5)9-10(13(15,16)17)20-21-19-9/h1-3H,(H,18,22)(H,23,24)(H,19,20,21). The smallest absolute Gasteiger partial charge is 0.437 e. The van der Waals surface area contributed by atoms with E-state index in [1.54, 1.807) is 0 Å². The third-order valence-corrected chi connectivity index (χ3v) is 3.48. The molecule has 3 N–H and O–H groups in total. The van der Waals surface area contributed by atoms with Crippen LogP contribution >= 0.6 is 11.6 Å². The predicted octanol–water partition coefficient (Wildman–Crippen LogP) is 2.68. The van der Waals surface area contributed by atoms with Crippen LogP contribution in [-0.2, 0) is 6.18 Å². The summed E-state index contributed by atoms with van der Waals surface area (Å²) in [4.78, 5) is 25.7. The molecule has 0 amide bonds. The molecule has 1 aromatic carbocycles. The first kappa shape index (κ1) is 16.0. The molecule has 24 heavy (non-hydrogen) atoms. The molecule has 124 valence electrons. The molecule has 0 aliphatic heterocycles. The van der Waals surface area contributed by atoms with Crippen molar-refractivity contribution in [1.82, 2.24) is 20.4 Å². The van der Waals surface area contributed by atoms with Crippen LogP contribution in [-0.4, -0.2) is 31.5 Å². The van der Waals surface area contributed by atoms with E-state index in [2.05, 4.69) is 15.2 Å². The highest BCUT2D eigenvalue weighted by Gasteiger charge is 2.39. The molecule has 0 aliphatic carbocycles. The Kier molecular flexibility index (Phi) is 3.56. The van der Waals surface area contributed by atoms with Gasteiger partial charge in [-0.3, -0.25) is 4.79 Å². The van der Waals surface area contributed by atoms with Gasteiger partial charge in [0.2, 0.25) is 0 Å². The van der Waals surface area contributed by atoms with Crippen molar-refractivity contribution in [1.29, 1.82) is 0 Å². The number of rotatable bonds is 2. The maximum absolute atomic E-state index is 13.1. The molecule has 2 heterocycles. The first-order valence-electron chi connectivity index (χ1n) is 6.27. The van der Waals surface area contributed by atoms with E-state index in [1.165, 1.54) is 18.2 Å². The number of halogens is 4. The predicted molar refractivity (Wildman–Crippen MR) is 76.9 cm³/mol. The molecule has 0 saturated heterocycles. The maximum Gasteiger partial charge on any atom is 0.437 e. The molecule has 0 unspecified atom stereocenters. The number of nitrogens with one attached hydrogen (secondary N) is 2. The van der Waals surface area contributed by atoms with E-state index in [0.717, 1.165) is 0 Å². The number of carbonyl (C=O) groups is 1. The van der Waals surface area contributed by atoms with Gasteiger partial charge >= 0.3 is 12.1 Å². The van der Waals surface area contributed by atoms with Crippen LogP contribution in [0.25, 0.3) is 22.2 Å². The number of H-pyrrole nitrogens is 2. The zero-order valence-corrected chi connectivity index (χ0v) is 12.2. The Hall–Kier alpha value is -2.88. The van der Waals surface area contributed by atoms with Gasteiger partial charge in [0.25, 0.3) is 5.56 Å². The quantitative estimate of drug-likeness (QED) is 0.652. The first-order chi connectivity index (χ1) is 11.2. The molecule has 0 radical (unpaired) electrons. The minimum absolute atomic E-state index is 0.0378. The lowest BCUT2D eigenvalue weighted by atomic mass is 9.99. The zero-order valence-electron chi connectivity index (χ0n) is 11.4. The monoisotopic (exact) mass is 358 g/mol. The number of carboxylic acids is 1. The van der Waals surface area contributed by atoms with Crippen LogP contribution in [0.15, 0.2) is 23.0 Å². The third-order valence-electron chi connectivity index (χ3n) is 3.24. The van der Waals surface area contributed by atoms with Crippen LogP contribution < -0.4 is 5.56 Å². The third kappa shape index (κ3) is 2.50. The normalized spacial score (nSPS) is 11.8. The molecule has 0 atom stereocenters. The molecule has 7 nitrogen and oxygen atoms in total. The number of hydrogen-bond donors (Lipinski definition) is 3. The SMILES string of the molecule is O=C(O)c1c(-c2n[nH]nc2C(F)(F)F)c2ccc(Cl)cc2[nH]c1=O. The number of hydrogen-bond acceptors (Lipinski definition) is 4. The van der Waals surface area contributed by atoms with E-state index in [9.17, 15) is 27.9 Å². The molecule has 0 fully saturated rings. The van der Waals surface area contributed by atoms with Crippen molar-refractivity contribution in [3.8, 4) is 11.3 Å². The number of nitrogens with zero attached hydrogens (tertiary/aromatic N) is 2. The number of aromatic carboxylic acids is 1. The summed E-state index contributed by atoms with van der Waals surface area (Å²) in [6.07, 6.45) is -4.89. The Balaban J connectivity index is 2.51. The fourth-order valence-electron chi connectivity index (χ4n) is 2.32. The Bertz CT molecular complexity index is 1030. The van der Waals surface area contributed by atoms with Gasteiger partial charge in [-0.05, 0) is 12.1 Å². The van der Waals surface area contributed by atoms with Crippen molar-refractivity contribution in [2.24, 2.45) is 0 Å². The van der Waals surface area contributed by atoms with Crippen molar-refractivity contribution in [2.45, 2.75) is 6.18 Å². The Morgan fingerprint density at radius 2 is 1.96 bits per heavy atom. The van der Waals surface area contributed by atoms with Crippen molar-refractivity contribution < 1.29 is 23.1 Å². The van der Waals surface area contributed by atoms with Gasteiger partial charge in [-0.1, -0.05) is 17.7 Å². The van der Waals surface area contributed by atoms with Gasteiger partial charge in [0, 0.05) is 16.0 Å². The molecule has 0 aliphatic rings. The van der Waals surface area contributed by atoms with Crippen LogP contribution in [0.3, 0.4) is 0 Å². The topological polar surface area (TPSA) is 112 Å². The highest BCUT2D eigenvalue weighted by molar-refractivity contribution is 6.31. The number of alkyl halides is 3. The Morgan fingerprint density at radius 1 is 1.25 bits per heavy atom. The molecule has 2 aromatic heterocycles. The fourth-order valence-corrected chi connectivity index (χ4v) is 2.50. The maximum atomic E-state index is 13.1. The number of aromatic nitrogens is 4. The van der Waals surface area contributed by atoms with Crippen LogP contribution in [0.5, 0.6) is 0 Å². The van der Waals surface area contributed by atoms with Gasteiger partial charge in [0.05, 0.1) is 5.52 Å². The molecular formula is C13H6ClF3N4O3. The Morgan fingerprint density at radius 3 is 2.58 bits per heavy atom. The summed E-state index contributed by atoms with van der Waals surface area (Å²) >= 11 is 5.80. The summed E-state index contributed by atoms with van der Waals surface area (Å²) in [7, 11) is 0. The number of fused-ring (bicyclic) bond motifs is 1. The molecule has 3 rings (SSSR count). The summed E-state index contributed by atoms with van der Waals surface area (Å²) in [6, 6.07) is 3.94. The zero-order chi connectivity index (χ0) is 17.6. The second kappa shape index (κ2) is 5.34. The highest BCUT2D eigenvalue weighted by Crippen LogP contribution is 2.37. The average Bonchev–Trinajstić information content (AvgIpc) is 2.94. The molecule has 0 bridgehead atoms. The summed E-state index contributed by atoms with van der Waals surface area (Å²) in [5.74, 6) is -1.70. The summed E-state index contributed by atoms with van der Waals surface area (Å²) in [5, 5.41) is 17.8. The molecule has 11 heteroatoms. The molecule has 0 spiro atoms. The largest absolute Gasteiger partial charge is 0.477 e. The Labute approximate surface area is 135 Å². The molecule has 0 saturated carbocycles. The summed E-state index contributed by atoms with van der Waals surface area (Å²) in [5.41, 5.74) is -4.57. The number of carboxylic acid groups (broad SMARTS) is 1. The number of pyridine rings is 1. The lowest BCUT2D eigenvalue weighted by Crippen LogP contribution is -2.20. The van der Waals surface area contributed by atoms with E-state index < -0.39 is 40.2 Å². The summed E-state index contributed by atoms with van der Waals surface area (Å²) in [6.45, 7) is 0. The van der Waals surface area contributed by atoms with Crippen molar-refractivity contribution in [3.63, 3.8) is 0 Å². The summed E-state index contributed by atoms with van der Waals surface area (Å²) < 4.78 is 39.3. The first-order valence-corrected chi connectivity index (χ1v) is 6.65. The van der Waals surface area contributed by atoms with E-state index in [-0.39, 0.29) is 15.9 Å². The van der Waals surface area contributed by atoms with Gasteiger partial charge in [0.1, 0.15) is 11.3 Å². The van der Waals surface area contributed by atoms with Crippen molar-refractivity contribution >= 4 is 28.5 Å². The van der Waals surface area contributed by atoms with Gasteiger partial charge in [-0.2, -0.15) is 28.6 Å². The van der Waals surface area contributed by atoms with Gasteiger partial charge in [-0.15, -0.1) is 0 Å². The van der Waals surface area contributed by atoms with E-state index in [4.69, 9.17) is 11.6 Å². The molecule has 3 aromatic rings. The van der Waals surface area contributed by atoms with Crippen LogP contribution in [0.4, 0.5) is 13.2 Å². The van der Waals surface area contributed by atoms with E-state index in [1.807, 2.05) is 5.21 Å². The minimum Gasteiger partial charge on any atom is -0.477 e. The number of aromatic amines is 2. The average molecular weight is 359 g/mol. The van der Waals surface area contributed by atoms with Crippen LogP contribution in [0.2, 0.25) is 5.02 Å². The van der Waals surface area contributed by atoms with Crippen molar-refractivity contribution in [2.75, 3.05) is 0 Å². The van der Waals surface area contributed by atoms with Gasteiger partial charge in [-0.25, -0.2) is 4.79 Å². The second-order valence-corrected chi connectivity index (χ2v) is 5.15. The fraction of sp³-hybridized carbons (Fsp3) is 0.0769.